The minimum absolute atomic E-state index is 0.176. The van der Waals surface area contributed by atoms with Crippen LogP contribution >= 0.6 is 27.3 Å². The third-order valence-electron chi connectivity index (χ3n) is 3.46. The van der Waals surface area contributed by atoms with Crippen LogP contribution in [0, 0.1) is 0 Å². The van der Waals surface area contributed by atoms with Gasteiger partial charge >= 0.3 is 0 Å². The molecule has 0 amide bonds. The lowest BCUT2D eigenvalue weighted by atomic mass is 10.2. The predicted octanol–water partition coefficient (Wildman–Crippen LogP) is 4.19. The zero-order valence-corrected chi connectivity index (χ0v) is 15.8. The summed E-state index contributed by atoms with van der Waals surface area (Å²) in [5.41, 5.74) is 2.33. The largest absolute Gasteiger partial charge is 0.504 e. The van der Waals surface area contributed by atoms with Crippen LogP contribution < -0.4 is 4.80 Å². The second kappa shape index (κ2) is 7.67. The van der Waals surface area contributed by atoms with Crippen molar-refractivity contribution >= 4 is 33.5 Å². The molecule has 3 rings (SSSR count). The molecule has 1 heterocycles. The number of aromatic nitrogens is 1. The first kappa shape index (κ1) is 17.4. The number of hydrogen-bond donors (Lipinski definition) is 2. The van der Waals surface area contributed by atoms with Gasteiger partial charge in [0, 0.05) is 27.5 Å². The van der Waals surface area contributed by atoms with Crippen molar-refractivity contribution in [1.29, 1.82) is 0 Å². The van der Waals surface area contributed by atoms with Gasteiger partial charge in [-0.1, -0.05) is 34.1 Å². The maximum atomic E-state index is 9.94. The average Bonchev–Trinajstić information content (AvgIpc) is 2.99. The van der Waals surface area contributed by atoms with E-state index in [1.807, 2.05) is 36.6 Å². The zero-order chi connectivity index (χ0) is 17.8. The SMILES string of the molecule is CCN=c1scc(-c2cccc(Br)c2)n1N=Cc1cccc(O)c1O. The number of phenolic OH excluding ortho intramolecular Hbond substituents is 2. The highest BCUT2D eigenvalue weighted by Gasteiger charge is 2.08. The maximum absolute atomic E-state index is 9.94. The Morgan fingerprint density at radius 1 is 1.20 bits per heavy atom. The Labute approximate surface area is 157 Å². The summed E-state index contributed by atoms with van der Waals surface area (Å²) in [4.78, 5) is 5.23. The predicted molar refractivity (Wildman–Crippen MR) is 104 cm³/mol. The van der Waals surface area contributed by atoms with Crippen molar-refractivity contribution in [2.24, 2.45) is 10.1 Å². The summed E-state index contributed by atoms with van der Waals surface area (Å²) >= 11 is 4.99. The van der Waals surface area contributed by atoms with Crippen molar-refractivity contribution in [3.8, 4) is 22.8 Å². The molecule has 0 saturated heterocycles. The van der Waals surface area contributed by atoms with Crippen LogP contribution in [0.2, 0.25) is 0 Å². The number of rotatable bonds is 4. The van der Waals surface area contributed by atoms with Gasteiger partial charge in [0.05, 0.1) is 11.9 Å². The van der Waals surface area contributed by atoms with E-state index in [-0.39, 0.29) is 11.5 Å². The summed E-state index contributed by atoms with van der Waals surface area (Å²) in [6, 6.07) is 12.7. The molecule has 0 atom stereocenters. The van der Waals surface area contributed by atoms with Crippen LogP contribution in [0.1, 0.15) is 12.5 Å². The van der Waals surface area contributed by atoms with Crippen LogP contribution in [-0.4, -0.2) is 27.6 Å². The summed E-state index contributed by atoms with van der Waals surface area (Å²) < 4.78 is 2.71. The van der Waals surface area contributed by atoms with Crippen molar-refractivity contribution in [2.75, 3.05) is 6.54 Å². The summed E-state index contributed by atoms with van der Waals surface area (Å²) in [6.07, 6.45) is 1.51. The number of phenols is 2. The number of benzene rings is 2. The fourth-order valence-corrected chi connectivity index (χ4v) is 3.57. The molecule has 0 saturated carbocycles. The van der Waals surface area contributed by atoms with Gasteiger partial charge in [-0.05, 0) is 31.2 Å². The number of nitrogens with zero attached hydrogens (tertiary/aromatic N) is 3. The van der Waals surface area contributed by atoms with Gasteiger partial charge < -0.3 is 10.2 Å². The van der Waals surface area contributed by atoms with Gasteiger partial charge in [-0.2, -0.15) is 5.10 Å². The maximum Gasteiger partial charge on any atom is 0.206 e. The van der Waals surface area contributed by atoms with Crippen LogP contribution in [0.15, 0.2) is 62.4 Å². The lowest BCUT2D eigenvalue weighted by Gasteiger charge is -2.05. The molecule has 7 heteroatoms. The Balaban J connectivity index is 2.11. The first-order chi connectivity index (χ1) is 12.1. The summed E-state index contributed by atoms with van der Waals surface area (Å²) in [6.45, 7) is 2.61. The molecule has 0 bridgehead atoms. The van der Waals surface area contributed by atoms with E-state index in [1.165, 1.54) is 23.6 Å². The van der Waals surface area contributed by atoms with Gasteiger partial charge in [0.25, 0.3) is 0 Å². The van der Waals surface area contributed by atoms with Crippen LogP contribution in [0.3, 0.4) is 0 Å². The smallest absolute Gasteiger partial charge is 0.206 e. The second-order valence-corrected chi connectivity index (χ2v) is 6.91. The minimum Gasteiger partial charge on any atom is -0.504 e. The first-order valence-electron chi connectivity index (χ1n) is 7.62. The molecule has 128 valence electrons. The topological polar surface area (TPSA) is 70.1 Å². The van der Waals surface area contributed by atoms with Gasteiger partial charge in [-0.25, -0.2) is 4.68 Å². The van der Waals surface area contributed by atoms with E-state index in [2.05, 4.69) is 26.0 Å². The highest BCUT2D eigenvalue weighted by Crippen LogP contribution is 2.27. The zero-order valence-electron chi connectivity index (χ0n) is 13.4. The van der Waals surface area contributed by atoms with Crippen molar-refractivity contribution in [3.05, 3.63) is 62.7 Å². The molecule has 5 nitrogen and oxygen atoms in total. The third kappa shape index (κ3) is 3.83. The highest BCUT2D eigenvalue weighted by molar-refractivity contribution is 9.10. The Hall–Kier alpha value is -2.38. The number of aromatic hydroxyl groups is 2. The summed E-state index contributed by atoms with van der Waals surface area (Å²) in [7, 11) is 0. The number of halogens is 1. The molecule has 0 fully saturated rings. The quantitative estimate of drug-likeness (QED) is 0.493. The molecule has 0 aliphatic rings. The molecule has 2 aromatic carbocycles. The van der Waals surface area contributed by atoms with Crippen molar-refractivity contribution in [1.82, 2.24) is 4.68 Å². The molecule has 1 aromatic heterocycles. The molecular weight excluding hydrogens is 402 g/mol. The lowest BCUT2D eigenvalue weighted by Crippen LogP contribution is -2.12. The molecule has 2 N–H and O–H groups in total. The van der Waals surface area contributed by atoms with Gasteiger partial charge in [0.1, 0.15) is 0 Å². The number of hydrogen-bond acceptors (Lipinski definition) is 5. The van der Waals surface area contributed by atoms with E-state index in [9.17, 15) is 10.2 Å². The molecule has 0 aliphatic heterocycles. The Kier molecular flexibility index (Phi) is 5.35. The second-order valence-electron chi connectivity index (χ2n) is 5.16. The number of para-hydroxylation sites is 1. The average molecular weight is 418 g/mol. The van der Waals surface area contributed by atoms with E-state index in [0.29, 0.717) is 12.1 Å². The Morgan fingerprint density at radius 3 is 2.76 bits per heavy atom. The van der Waals surface area contributed by atoms with Crippen LogP contribution in [-0.2, 0) is 0 Å². The fraction of sp³-hybridized carbons (Fsp3) is 0.111. The third-order valence-corrected chi connectivity index (χ3v) is 4.80. The molecule has 0 unspecified atom stereocenters. The number of thiazole rings is 1. The van der Waals surface area contributed by atoms with E-state index in [1.54, 1.807) is 16.8 Å². The van der Waals surface area contributed by atoms with E-state index < -0.39 is 0 Å². The molecule has 3 aromatic rings. The van der Waals surface area contributed by atoms with Gasteiger partial charge in [-0.15, -0.1) is 11.3 Å². The molecule has 0 radical (unpaired) electrons. The standard InChI is InChI=1S/C18H16BrN3O2S/c1-2-20-18-22(21-10-13-6-4-8-16(23)17(13)24)15(11-25-18)12-5-3-7-14(19)9-12/h3-11,23-24H,2H2,1H3. The normalized spacial score (nSPS) is 12.2. The van der Waals surface area contributed by atoms with Gasteiger partial charge in [0.15, 0.2) is 11.5 Å². The van der Waals surface area contributed by atoms with Crippen LogP contribution in [0.4, 0.5) is 0 Å². The van der Waals surface area contributed by atoms with Gasteiger partial charge in [0.2, 0.25) is 4.80 Å². The Morgan fingerprint density at radius 2 is 2.00 bits per heavy atom. The van der Waals surface area contributed by atoms with E-state index >= 15 is 0 Å². The van der Waals surface area contributed by atoms with Gasteiger partial charge in [-0.3, -0.25) is 4.99 Å². The Bertz CT molecular complexity index is 992. The van der Waals surface area contributed by atoms with Crippen molar-refractivity contribution in [3.63, 3.8) is 0 Å². The van der Waals surface area contributed by atoms with E-state index in [0.717, 1.165) is 20.5 Å². The summed E-state index contributed by atoms with van der Waals surface area (Å²) in [5, 5.41) is 26.0. The fourth-order valence-electron chi connectivity index (χ4n) is 2.27. The first-order valence-corrected chi connectivity index (χ1v) is 9.29. The molecule has 25 heavy (non-hydrogen) atoms. The lowest BCUT2D eigenvalue weighted by molar-refractivity contribution is 0.403. The highest BCUT2D eigenvalue weighted by atomic mass is 79.9. The monoisotopic (exact) mass is 417 g/mol. The molecular formula is C18H16BrN3O2S. The molecule has 0 spiro atoms. The summed E-state index contributed by atoms with van der Waals surface area (Å²) in [5.74, 6) is -0.370. The molecule has 0 aliphatic carbocycles. The van der Waals surface area contributed by atoms with Crippen LogP contribution in [0.25, 0.3) is 11.3 Å². The van der Waals surface area contributed by atoms with Crippen molar-refractivity contribution in [2.45, 2.75) is 6.92 Å². The van der Waals surface area contributed by atoms with Crippen molar-refractivity contribution < 1.29 is 10.2 Å². The van der Waals surface area contributed by atoms with Crippen LogP contribution in [0.5, 0.6) is 11.5 Å². The minimum atomic E-state index is -0.194. The van der Waals surface area contributed by atoms with E-state index in [4.69, 9.17) is 0 Å².